The number of unbranched alkanes of at least 4 members (excludes halogenated alkanes) is 2. The molecule has 1 heterocycles. The lowest BCUT2D eigenvalue weighted by molar-refractivity contribution is 0.0600. The van der Waals surface area contributed by atoms with Crippen LogP contribution in [0.4, 0.5) is 16.2 Å². The number of hydrogen-bond donors (Lipinski definition) is 2. The summed E-state index contributed by atoms with van der Waals surface area (Å²) in [6.07, 6.45) is 5.45. The van der Waals surface area contributed by atoms with Gasteiger partial charge in [0.15, 0.2) is 0 Å². The van der Waals surface area contributed by atoms with Crippen LogP contribution in [-0.2, 0) is 4.74 Å². The van der Waals surface area contributed by atoms with Gasteiger partial charge in [0, 0.05) is 19.6 Å². The highest BCUT2D eigenvalue weighted by molar-refractivity contribution is 5.97. The molecule has 1 aliphatic heterocycles. The molecule has 0 spiro atoms. The van der Waals surface area contributed by atoms with Crippen LogP contribution < -0.4 is 15.5 Å². The quantitative estimate of drug-likeness (QED) is 0.593. The molecule has 2 N–H and O–H groups in total. The number of esters is 1. The first kappa shape index (κ1) is 18.1. The van der Waals surface area contributed by atoms with Gasteiger partial charge in [-0.25, -0.2) is 9.59 Å². The van der Waals surface area contributed by atoms with Crippen LogP contribution in [0.2, 0.25) is 0 Å². The van der Waals surface area contributed by atoms with Gasteiger partial charge in [0.25, 0.3) is 0 Å². The Hall–Kier alpha value is -2.24. The van der Waals surface area contributed by atoms with Crippen LogP contribution in [-0.4, -0.2) is 38.7 Å². The fraction of sp³-hybridized carbons (Fsp3) is 0.556. The number of carbonyl (C=O) groups is 2. The van der Waals surface area contributed by atoms with Crippen molar-refractivity contribution in [3.05, 3.63) is 23.8 Å². The first-order valence-corrected chi connectivity index (χ1v) is 8.68. The third-order valence-corrected chi connectivity index (χ3v) is 4.18. The second-order valence-corrected chi connectivity index (χ2v) is 6.01. The van der Waals surface area contributed by atoms with Crippen molar-refractivity contribution in [3.8, 4) is 0 Å². The average Bonchev–Trinajstić information content (AvgIpc) is 3.12. The van der Waals surface area contributed by atoms with E-state index in [1.807, 2.05) is 6.07 Å². The molecule has 0 radical (unpaired) electrons. The highest BCUT2D eigenvalue weighted by Gasteiger charge is 2.19. The van der Waals surface area contributed by atoms with Gasteiger partial charge >= 0.3 is 12.0 Å². The number of ether oxygens (including phenoxy) is 1. The SMILES string of the molecule is CCCCCNC(=O)Nc1cc(C(=O)OC)ccc1N1CCCC1. The fourth-order valence-electron chi connectivity index (χ4n) is 2.86. The molecular formula is C18H27N3O3. The summed E-state index contributed by atoms with van der Waals surface area (Å²) < 4.78 is 4.77. The molecule has 0 aliphatic carbocycles. The van der Waals surface area contributed by atoms with Crippen molar-refractivity contribution in [2.45, 2.75) is 39.0 Å². The molecule has 0 unspecified atom stereocenters. The first-order chi connectivity index (χ1) is 11.7. The number of urea groups is 1. The Balaban J connectivity index is 2.11. The normalized spacial score (nSPS) is 13.7. The molecule has 0 bridgehead atoms. The van der Waals surface area contributed by atoms with Crippen LogP contribution in [0.15, 0.2) is 18.2 Å². The summed E-state index contributed by atoms with van der Waals surface area (Å²) >= 11 is 0. The zero-order valence-electron chi connectivity index (χ0n) is 14.6. The Bertz CT molecular complexity index is 569. The van der Waals surface area contributed by atoms with E-state index in [9.17, 15) is 9.59 Å². The van der Waals surface area contributed by atoms with Crippen LogP contribution >= 0.6 is 0 Å². The Morgan fingerprint density at radius 1 is 1.21 bits per heavy atom. The molecule has 2 rings (SSSR count). The summed E-state index contributed by atoms with van der Waals surface area (Å²) in [5, 5.41) is 5.75. The minimum absolute atomic E-state index is 0.242. The predicted molar refractivity (Wildman–Crippen MR) is 95.8 cm³/mol. The van der Waals surface area contributed by atoms with Gasteiger partial charge in [-0.2, -0.15) is 0 Å². The van der Waals surface area contributed by atoms with Crippen molar-refractivity contribution in [1.82, 2.24) is 5.32 Å². The van der Waals surface area contributed by atoms with E-state index in [4.69, 9.17) is 4.74 Å². The number of rotatable bonds is 7. The summed E-state index contributed by atoms with van der Waals surface area (Å²) in [7, 11) is 1.35. The molecule has 132 valence electrons. The van der Waals surface area contributed by atoms with Crippen molar-refractivity contribution in [3.63, 3.8) is 0 Å². The summed E-state index contributed by atoms with van der Waals surface area (Å²) in [5.74, 6) is -0.408. The van der Waals surface area contributed by atoms with E-state index < -0.39 is 5.97 Å². The van der Waals surface area contributed by atoms with Gasteiger partial charge in [-0.3, -0.25) is 0 Å². The standard InChI is InChI=1S/C18H27N3O3/c1-3-4-5-10-19-18(23)20-15-13-14(17(22)24-2)8-9-16(15)21-11-6-7-12-21/h8-9,13H,3-7,10-12H2,1-2H3,(H2,19,20,23). The van der Waals surface area contributed by atoms with Crippen molar-refractivity contribution < 1.29 is 14.3 Å². The molecule has 6 heteroatoms. The first-order valence-electron chi connectivity index (χ1n) is 8.68. The van der Waals surface area contributed by atoms with Gasteiger partial charge in [-0.15, -0.1) is 0 Å². The number of methoxy groups -OCH3 is 1. The Morgan fingerprint density at radius 2 is 1.96 bits per heavy atom. The number of amides is 2. The maximum atomic E-state index is 12.1. The van der Waals surface area contributed by atoms with Gasteiger partial charge < -0.3 is 20.3 Å². The summed E-state index contributed by atoms with van der Waals surface area (Å²) in [4.78, 5) is 26.1. The summed E-state index contributed by atoms with van der Waals surface area (Å²) in [5.41, 5.74) is 2.03. The van der Waals surface area contributed by atoms with E-state index in [0.717, 1.165) is 50.9 Å². The lowest BCUT2D eigenvalue weighted by Crippen LogP contribution is -2.30. The predicted octanol–water partition coefficient (Wildman–Crippen LogP) is 3.39. The van der Waals surface area contributed by atoms with E-state index in [1.54, 1.807) is 12.1 Å². The molecule has 24 heavy (non-hydrogen) atoms. The molecule has 2 amide bonds. The van der Waals surface area contributed by atoms with E-state index in [0.29, 0.717) is 17.8 Å². The third-order valence-electron chi connectivity index (χ3n) is 4.18. The number of carbonyl (C=O) groups excluding carboxylic acids is 2. The van der Waals surface area contributed by atoms with Crippen LogP contribution in [0.1, 0.15) is 49.4 Å². The highest BCUT2D eigenvalue weighted by Crippen LogP contribution is 2.30. The highest BCUT2D eigenvalue weighted by atomic mass is 16.5. The van der Waals surface area contributed by atoms with Crippen LogP contribution in [0.25, 0.3) is 0 Å². The monoisotopic (exact) mass is 333 g/mol. The molecular weight excluding hydrogens is 306 g/mol. The zero-order chi connectivity index (χ0) is 17.4. The molecule has 1 aromatic carbocycles. The molecule has 0 saturated carbocycles. The summed E-state index contributed by atoms with van der Waals surface area (Å²) in [6, 6.07) is 5.06. The maximum absolute atomic E-state index is 12.1. The third kappa shape index (κ3) is 4.88. The molecule has 0 aromatic heterocycles. The molecule has 1 aliphatic rings. The fourth-order valence-corrected chi connectivity index (χ4v) is 2.86. The van der Waals surface area contributed by atoms with Gasteiger partial charge in [0.2, 0.25) is 0 Å². The zero-order valence-corrected chi connectivity index (χ0v) is 14.6. The van der Waals surface area contributed by atoms with E-state index >= 15 is 0 Å². The van der Waals surface area contributed by atoms with Gasteiger partial charge in [0.1, 0.15) is 0 Å². The average molecular weight is 333 g/mol. The van der Waals surface area contributed by atoms with E-state index in [1.165, 1.54) is 7.11 Å². The Morgan fingerprint density at radius 3 is 2.62 bits per heavy atom. The maximum Gasteiger partial charge on any atom is 0.337 e. The van der Waals surface area contributed by atoms with E-state index in [-0.39, 0.29) is 6.03 Å². The second kappa shape index (κ2) is 9.15. The van der Waals surface area contributed by atoms with Gasteiger partial charge in [0.05, 0.1) is 24.0 Å². The van der Waals surface area contributed by atoms with Crippen molar-refractivity contribution in [2.75, 3.05) is 37.0 Å². The Kier molecular flexibility index (Phi) is 6.90. The number of nitrogens with one attached hydrogen (secondary N) is 2. The van der Waals surface area contributed by atoms with Crippen molar-refractivity contribution in [2.24, 2.45) is 0 Å². The summed E-state index contributed by atoms with van der Waals surface area (Å²) in [6.45, 7) is 4.70. The van der Waals surface area contributed by atoms with Crippen LogP contribution in [0.5, 0.6) is 0 Å². The molecule has 1 fully saturated rings. The van der Waals surface area contributed by atoms with Crippen LogP contribution in [0, 0.1) is 0 Å². The smallest absolute Gasteiger partial charge is 0.337 e. The van der Waals surface area contributed by atoms with Gasteiger partial charge in [-0.1, -0.05) is 19.8 Å². The van der Waals surface area contributed by atoms with Crippen molar-refractivity contribution in [1.29, 1.82) is 0 Å². The number of benzene rings is 1. The van der Waals surface area contributed by atoms with Gasteiger partial charge in [-0.05, 0) is 37.5 Å². The number of nitrogens with zero attached hydrogens (tertiary/aromatic N) is 1. The second-order valence-electron chi connectivity index (χ2n) is 6.01. The molecule has 1 aromatic rings. The van der Waals surface area contributed by atoms with Crippen molar-refractivity contribution >= 4 is 23.4 Å². The largest absolute Gasteiger partial charge is 0.465 e. The number of hydrogen-bond acceptors (Lipinski definition) is 4. The Labute approximate surface area is 143 Å². The molecule has 1 saturated heterocycles. The molecule has 0 atom stereocenters. The number of anilines is 2. The molecule has 6 nitrogen and oxygen atoms in total. The van der Waals surface area contributed by atoms with Crippen LogP contribution in [0.3, 0.4) is 0 Å². The lowest BCUT2D eigenvalue weighted by atomic mass is 10.1. The minimum Gasteiger partial charge on any atom is -0.465 e. The van der Waals surface area contributed by atoms with E-state index in [2.05, 4.69) is 22.5 Å². The lowest BCUT2D eigenvalue weighted by Gasteiger charge is -2.22. The minimum atomic E-state index is -0.408. The topological polar surface area (TPSA) is 70.7 Å².